The second kappa shape index (κ2) is 8.25. The summed E-state index contributed by atoms with van der Waals surface area (Å²) in [5.74, 6) is 0.154. The molecule has 1 saturated carbocycles. The Balaban J connectivity index is 1.12. The number of aryl methyl sites for hydroxylation is 1. The quantitative estimate of drug-likeness (QED) is 0.828. The number of urea groups is 1. The largest absolute Gasteiger partial charge is 0.347 e. The molecule has 4 heterocycles. The topological polar surface area (TPSA) is 60.8 Å². The lowest BCUT2D eigenvalue weighted by molar-refractivity contribution is 0.0466. The molecule has 7 nitrogen and oxygen atoms in total. The van der Waals surface area contributed by atoms with Crippen LogP contribution in [0.25, 0.3) is 0 Å². The molecule has 4 aliphatic rings. The highest BCUT2D eigenvalue weighted by Gasteiger charge is 2.44. The van der Waals surface area contributed by atoms with Gasteiger partial charge in [0.2, 0.25) is 0 Å². The van der Waals surface area contributed by atoms with Gasteiger partial charge in [0, 0.05) is 51.5 Å². The smallest absolute Gasteiger partial charge is 0.318 e. The van der Waals surface area contributed by atoms with Gasteiger partial charge in [0.1, 0.15) is 5.69 Å². The molecule has 2 atom stereocenters. The van der Waals surface area contributed by atoms with E-state index in [-0.39, 0.29) is 11.9 Å². The molecule has 0 spiro atoms. The summed E-state index contributed by atoms with van der Waals surface area (Å²) in [7, 11) is 1.93. The number of carbonyl (C=O) groups is 2. The van der Waals surface area contributed by atoms with E-state index in [0.717, 1.165) is 70.4 Å². The van der Waals surface area contributed by atoms with Crippen molar-refractivity contribution in [3.8, 4) is 0 Å². The average Bonchev–Trinajstić information content (AvgIpc) is 3.35. The van der Waals surface area contributed by atoms with Gasteiger partial charge in [-0.1, -0.05) is 12.8 Å². The van der Waals surface area contributed by atoms with Gasteiger partial charge in [0.15, 0.2) is 0 Å². The van der Waals surface area contributed by atoms with Crippen LogP contribution in [0, 0.1) is 0 Å². The van der Waals surface area contributed by atoms with E-state index in [9.17, 15) is 9.59 Å². The molecule has 4 fully saturated rings. The molecule has 30 heavy (non-hydrogen) atoms. The lowest BCUT2D eigenvalue weighted by atomic mass is 9.89. The monoisotopic (exact) mass is 413 g/mol. The molecule has 0 aromatic carbocycles. The number of fused-ring (bicyclic) bond motifs is 1. The number of piperidine rings is 2. The Bertz CT molecular complexity index is 776. The van der Waals surface area contributed by atoms with Gasteiger partial charge < -0.3 is 24.6 Å². The minimum atomic E-state index is 0.154. The lowest BCUT2D eigenvalue weighted by Gasteiger charge is -2.44. The minimum absolute atomic E-state index is 0.154. The van der Waals surface area contributed by atoms with E-state index in [2.05, 4.69) is 15.1 Å². The van der Waals surface area contributed by atoms with Crippen molar-refractivity contribution in [1.29, 1.82) is 0 Å². The van der Waals surface area contributed by atoms with Crippen molar-refractivity contribution >= 4 is 11.9 Å². The van der Waals surface area contributed by atoms with E-state index in [1.54, 1.807) is 0 Å². The zero-order chi connectivity index (χ0) is 20.7. The summed E-state index contributed by atoms with van der Waals surface area (Å²) >= 11 is 0. The van der Waals surface area contributed by atoms with Crippen LogP contribution in [0.3, 0.4) is 0 Å². The van der Waals surface area contributed by atoms with Crippen LogP contribution in [0.4, 0.5) is 4.79 Å². The maximum absolute atomic E-state index is 12.7. The number of carbonyl (C=O) groups excluding carboxylic acids is 2. The maximum Gasteiger partial charge on any atom is 0.318 e. The van der Waals surface area contributed by atoms with Crippen molar-refractivity contribution in [2.75, 3.05) is 26.2 Å². The summed E-state index contributed by atoms with van der Waals surface area (Å²) in [6, 6.07) is 5.79. The highest BCUT2D eigenvalue weighted by atomic mass is 16.2. The first-order valence-electron chi connectivity index (χ1n) is 11.9. The first-order chi connectivity index (χ1) is 14.6. The van der Waals surface area contributed by atoms with Crippen molar-refractivity contribution in [3.63, 3.8) is 0 Å². The van der Waals surface area contributed by atoms with Gasteiger partial charge in [-0.25, -0.2) is 4.79 Å². The standard InChI is InChI=1S/C23H35N5O2/c1-25-12-4-7-21(25)22(29)27-15-8-17(9-16-27)26-13-10-18(11-14-26)28-20-6-3-2-5-19(20)24-23(28)30/h4,7,12,17-20H,2-3,5-6,8-11,13-16H2,1H3,(H,24,30)/t19-,20-/m0/s1. The summed E-state index contributed by atoms with van der Waals surface area (Å²) in [6.07, 6.45) is 11.0. The highest BCUT2D eigenvalue weighted by molar-refractivity contribution is 5.92. The van der Waals surface area contributed by atoms with Crippen molar-refractivity contribution < 1.29 is 9.59 Å². The summed E-state index contributed by atoms with van der Waals surface area (Å²) in [4.78, 5) is 32.2. The fourth-order valence-corrected chi connectivity index (χ4v) is 6.24. The highest BCUT2D eigenvalue weighted by Crippen LogP contribution is 2.33. The summed E-state index contributed by atoms with van der Waals surface area (Å²) in [5, 5.41) is 3.24. The van der Waals surface area contributed by atoms with Gasteiger partial charge in [-0.2, -0.15) is 0 Å². The second-order valence-corrected chi connectivity index (χ2v) is 9.61. The Kier molecular flexibility index (Phi) is 5.48. The molecule has 7 heteroatoms. The van der Waals surface area contributed by atoms with Gasteiger partial charge >= 0.3 is 6.03 Å². The van der Waals surface area contributed by atoms with Crippen molar-refractivity contribution in [2.24, 2.45) is 7.05 Å². The fourth-order valence-electron chi connectivity index (χ4n) is 6.24. The molecular weight excluding hydrogens is 378 g/mol. The molecule has 1 aromatic heterocycles. The van der Waals surface area contributed by atoms with Gasteiger partial charge in [-0.3, -0.25) is 4.79 Å². The third-order valence-corrected chi connectivity index (χ3v) is 7.95. The van der Waals surface area contributed by atoms with E-state index in [0.29, 0.717) is 24.2 Å². The van der Waals surface area contributed by atoms with Crippen molar-refractivity contribution in [1.82, 2.24) is 24.6 Å². The van der Waals surface area contributed by atoms with Crippen LogP contribution in [-0.4, -0.2) is 81.6 Å². The Morgan fingerprint density at radius 3 is 2.37 bits per heavy atom. The summed E-state index contributed by atoms with van der Waals surface area (Å²) in [6.45, 7) is 3.82. The van der Waals surface area contributed by atoms with Crippen LogP contribution in [-0.2, 0) is 7.05 Å². The molecule has 3 aliphatic heterocycles. The number of amides is 3. The molecule has 0 radical (unpaired) electrons. The van der Waals surface area contributed by atoms with E-state index in [1.807, 2.05) is 34.8 Å². The van der Waals surface area contributed by atoms with E-state index in [1.165, 1.54) is 12.8 Å². The van der Waals surface area contributed by atoms with E-state index < -0.39 is 0 Å². The van der Waals surface area contributed by atoms with Gasteiger partial charge in [-0.05, 0) is 50.7 Å². The third-order valence-electron chi connectivity index (χ3n) is 7.95. The molecule has 3 saturated heterocycles. The predicted molar refractivity (Wildman–Crippen MR) is 115 cm³/mol. The number of hydrogen-bond acceptors (Lipinski definition) is 3. The summed E-state index contributed by atoms with van der Waals surface area (Å²) < 4.78 is 1.91. The lowest BCUT2D eigenvalue weighted by Crippen LogP contribution is -2.53. The van der Waals surface area contributed by atoms with Crippen LogP contribution < -0.4 is 5.32 Å². The van der Waals surface area contributed by atoms with Crippen molar-refractivity contribution in [2.45, 2.75) is 75.5 Å². The molecule has 0 unspecified atom stereocenters. The number of hydrogen-bond donors (Lipinski definition) is 1. The normalized spacial score (nSPS) is 29.2. The van der Waals surface area contributed by atoms with Crippen LogP contribution in [0.1, 0.15) is 61.9 Å². The Morgan fingerprint density at radius 1 is 0.967 bits per heavy atom. The molecular formula is C23H35N5O2. The second-order valence-electron chi connectivity index (χ2n) is 9.61. The van der Waals surface area contributed by atoms with E-state index >= 15 is 0 Å². The summed E-state index contributed by atoms with van der Waals surface area (Å²) in [5.41, 5.74) is 0.777. The molecule has 3 amide bonds. The SMILES string of the molecule is Cn1cccc1C(=O)N1CCC(N2CCC(N3C(=O)N[C@H]4CCCC[C@@H]43)CC2)CC1. The molecule has 1 aromatic rings. The molecule has 0 bridgehead atoms. The Labute approximate surface area is 179 Å². The minimum Gasteiger partial charge on any atom is -0.347 e. The molecule has 1 aliphatic carbocycles. The van der Waals surface area contributed by atoms with Crippen LogP contribution in [0.2, 0.25) is 0 Å². The van der Waals surface area contributed by atoms with Gasteiger partial charge in [-0.15, -0.1) is 0 Å². The zero-order valence-electron chi connectivity index (χ0n) is 18.1. The molecule has 1 N–H and O–H groups in total. The van der Waals surface area contributed by atoms with Crippen LogP contribution in [0.15, 0.2) is 18.3 Å². The maximum atomic E-state index is 12.7. The zero-order valence-corrected chi connectivity index (χ0v) is 18.1. The molecule has 164 valence electrons. The number of rotatable bonds is 3. The predicted octanol–water partition coefficient (Wildman–Crippen LogP) is 2.43. The first kappa shape index (κ1) is 19.9. The Hall–Kier alpha value is -2.02. The van der Waals surface area contributed by atoms with Crippen LogP contribution >= 0.6 is 0 Å². The third kappa shape index (κ3) is 3.61. The number of likely N-dealkylation sites (tertiary alicyclic amines) is 2. The van der Waals surface area contributed by atoms with Crippen molar-refractivity contribution in [3.05, 3.63) is 24.0 Å². The number of nitrogens with zero attached hydrogens (tertiary/aromatic N) is 4. The average molecular weight is 414 g/mol. The van der Waals surface area contributed by atoms with Gasteiger partial charge in [0.25, 0.3) is 5.91 Å². The fraction of sp³-hybridized carbons (Fsp3) is 0.739. The van der Waals surface area contributed by atoms with E-state index in [4.69, 9.17) is 0 Å². The van der Waals surface area contributed by atoms with Gasteiger partial charge in [0.05, 0.1) is 12.1 Å². The first-order valence-corrected chi connectivity index (χ1v) is 11.9. The number of aromatic nitrogens is 1. The molecule has 5 rings (SSSR count). The Morgan fingerprint density at radius 2 is 1.67 bits per heavy atom. The van der Waals surface area contributed by atoms with Crippen LogP contribution in [0.5, 0.6) is 0 Å². The number of nitrogens with one attached hydrogen (secondary N) is 1.